The lowest BCUT2D eigenvalue weighted by Crippen LogP contribution is -2.07. The summed E-state index contributed by atoms with van der Waals surface area (Å²) in [4.78, 5) is 13.9. The first-order valence-corrected chi connectivity index (χ1v) is 7.29. The van der Waals surface area contributed by atoms with Gasteiger partial charge in [-0.1, -0.05) is 54.1 Å². The summed E-state index contributed by atoms with van der Waals surface area (Å²) >= 11 is 0. The Hall–Kier alpha value is -2.61. The molecule has 2 aromatic rings. The number of rotatable bonds is 5. The molecule has 0 unspecified atom stereocenters. The fourth-order valence-electron chi connectivity index (χ4n) is 1.97. The summed E-state index contributed by atoms with van der Waals surface area (Å²) < 4.78 is 0. The van der Waals surface area contributed by atoms with Crippen LogP contribution in [0, 0.1) is 6.92 Å². The zero-order valence-corrected chi connectivity index (χ0v) is 13.3. The summed E-state index contributed by atoms with van der Waals surface area (Å²) in [6, 6.07) is 16.1. The van der Waals surface area contributed by atoms with E-state index >= 15 is 0 Å². The van der Waals surface area contributed by atoms with Crippen molar-refractivity contribution in [3.8, 4) is 0 Å². The molecule has 2 heteroatoms. The van der Waals surface area contributed by atoms with E-state index in [1.54, 1.807) is 12.2 Å². The number of hydrogen-bond acceptors (Lipinski definition) is 2. The highest BCUT2D eigenvalue weighted by Gasteiger charge is 1.95. The Morgan fingerprint density at radius 1 is 0.818 bits per heavy atom. The smallest absolute Gasteiger partial charge is 0.178 e. The van der Waals surface area contributed by atoms with E-state index in [-0.39, 0.29) is 5.78 Å². The molecule has 0 aliphatic heterocycles. The number of ketones is 1. The molecule has 0 aromatic heterocycles. The third kappa shape index (κ3) is 4.74. The van der Waals surface area contributed by atoms with Crippen LogP contribution in [0.5, 0.6) is 0 Å². The molecule has 0 aliphatic rings. The number of anilines is 1. The van der Waals surface area contributed by atoms with Gasteiger partial charge in [0, 0.05) is 19.8 Å². The van der Waals surface area contributed by atoms with Crippen LogP contribution in [-0.2, 0) is 4.79 Å². The van der Waals surface area contributed by atoms with Gasteiger partial charge in [-0.3, -0.25) is 4.79 Å². The first-order chi connectivity index (χ1) is 10.5. The number of hydrogen-bond donors (Lipinski definition) is 0. The van der Waals surface area contributed by atoms with E-state index in [1.807, 2.05) is 86.6 Å². The molecule has 0 radical (unpaired) electrons. The quantitative estimate of drug-likeness (QED) is 0.763. The van der Waals surface area contributed by atoms with Gasteiger partial charge in [0.25, 0.3) is 0 Å². The van der Waals surface area contributed by atoms with Crippen LogP contribution in [0.15, 0.2) is 60.7 Å². The fourth-order valence-corrected chi connectivity index (χ4v) is 1.97. The molecule has 0 fully saturated rings. The Kier molecular flexibility index (Phi) is 5.31. The van der Waals surface area contributed by atoms with Gasteiger partial charge < -0.3 is 4.90 Å². The molecule has 0 N–H and O–H groups in total. The van der Waals surface area contributed by atoms with Gasteiger partial charge in [0.1, 0.15) is 0 Å². The highest BCUT2D eigenvalue weighted by molar-refractivity contribution is 6.04. The molecule has 0 saturated heterocycles. The highest BCUT2D eigenvalue weighted by atomic mass is 16.1. The monoisotopic (exact) mass is 291 g/mol. The third-order valence-electron chi connectivity index (χ3n) is 3.37. The predicted molar refractivity (Wildman–Crippen MR) is 95.0 cm³/mol. The maximum Gasteiger partial charge on any atom is 0.178 e. The van der Waals surface area contributed by atoms with Gasteiger partial charge in [-0.15, -0.1) is 0 Å². The third-order valence-corrected chi connectivity index (χ3v) is 3.37. The largest absolute Gasteiger partial charge is 0.378 e. The van der Waals surface area contributed by atoms with Crippen molar-refractivity contribution in [2.24, 2.45) is 0 Å². The maximum atomic E-state index is 11.8. The van der Waals surface area contributed by atoms with Gasteiger partial charge in [0.05, 0.1) is 0 Å². The maximum absolute atomic E-state index is 11.8. The minimum Gasteiger partial charge on any atom is -0.378 e. The molecule has 22 heavy (non-hydrogen) atoms. The number of carbonyl (C=O) groups is 1. The number of aryl methyl sites for hydroxylation is 1. The van der Waals surface area contributed by atoms with Crippen molar-refractivity contribution >= 4 is 23.6 Å². The molecule has 2 aromatic carbocycles. The molecule has 0 spiro atoms. The first-order valence-electron chi connectivity index (χ1n) is 7.29. The van der Waals surface area contributed by atoms with E-state index < -0.39 is 0 Å². The number of benzene rings is 2. The Labute approximate surface area is 132 Å². The molecule has 0 aliphatic carbocycles. The predicted octanol–water partition coefficient (Wildman–Crippen LogP) is 4.36. The van der Waals surface area contributed by atoms with Crippen molar-refractivity contribution in [2.75, 3.05) is 19.0 Å². The molecule has 2 nitrogen and oxygen atoms in total. The van der Waals surface area contributed by atoms with E-state index in [1.165, 1.54) is 5.56 Å². The summed E-state index contributed by atoms with van der Waals surface area (Å²) in [6.45, 7) is 2.04. The van der Waals surface area contributed by atoms with Gasteiger partial charge >= 0.3 is 0 Å². The lowest BCUT2D eigenvalue weighted by atomic mass is 10.1. The van der Waals surface area contributed by atoms with E-state index in [9.17, 15) is 4.79 Å². The van der Waals surface area contributed by atoms with Crippen LogP contribution < -0.4 is 4.90 Å². The van der Waals surface area contributed by atoms with Crippen LogP contribution in [0.4, 0.5) is 5.69 Å². The van der Waals surface area contributed by atoms with Gasteiger partial charge in [-0.25, -0.2) is 0 Å². The fraction of sp³-hybridized carbons (Fsp3) is 0.150. The molecule has 0 atom stereocenters. The van der Waals surface area contributed by atoms with E-state index in [4.69, 9.17) is 0 Å². The average Bonchev–Trinajstić information content (AvgIpc) is 2.52. The Bertz CT molecular complexity index is 677. The molecule has 2 rings (SSSR count). The standard InChI is InChI=1S/C20H21NO/c1-16-4-6-17(7-5-16)10-14-20(22)15-11-18-8-12-19(13-9-18)21(2)3/h4-15H,1-3H3/b14-10+,15-11-. The second-order valence-electron chi connectivity index (χ2n) is 5.47. The van der Waals surface area contributed by atoms with Crippen LogP contribution in [0.25, 0.3) is 12.2 Å². The molecule has 0 amide bonds. The zero-order valence-electron chi connectivity index (χ0n) is 13.3. The summed E-state index contributed by atoms with van der Waals surface area (Å²) in [5.74, 6) is -0.0164. The van der Waals surface area contributed by atoms with Crippen molar-refractivity contribution in [3.63, 3.8) is 0 Å². The molecule has 0 bridgehead atoms. The zero-order chi connectivity index (χ0) is 15.9. The van der Waals surface area contributed by atoms with Crippen molar-refractivity contribution in [2.45, 2.75) is 6.92 Å². The molecular formula is C20H21NO. The molecule has 0 saturated carbocycles. The topological polar surface area (TPSA) is 20.3 Å². The second-order valence-corrected chi connectivity index (χ2v) is 5.47. The normalized spacial score (nSPS) is 11.2. The number of carbonyl (C=O) groups excluding carboxylic acids is 1. The van der Waals surface area contributed by atoms with E-state index in [2.05, 4.69) is 0 Å². The Balaban J connectivity index is 1.97. The minimum atomic E-state index is -0.0164. The first kappa shape index (κ1) is 15.8. The minimum absolute atomic E-state index is 0.0164. The number of nitrogens with zero attached hydrogens (tertiary/aromatic N) is 1. The summed E-state index contributed by atoms with van der Waals surface area (Å²) in [7, 11) is 4.01. The van der Waals surface area contributed by atoms with Crippen LogP contribution in [0.3, 0.4) is 0 Å². The summed E-state index contributed by atoms with van der Waals surface area (Å²) in [5, 5.41) is 0. The SMILES string of the molecule is Cc1ccc(/C=C/C(=O)/C=C\c2ccc(N(C)C)cc2)cc1. The molecule has 112 valence electrons. The molecular weight excluding hydrogens is 270 g/mol. The van der Waals surface area contributed by atoms with Crippen LogP contribution in [0.2, 0.25) is 0 Å². The van der Waals surface area contributed by atoms with Crippen molar-refractivity contribution in [1.29, 1.82) is 0 Å². The van der Waals surface area contributed by atoms with Crippen LogP contribution in [-0.4, -0.2) is 19.9 Å². The summed E-state index contributed by atoms with van der Waals surface area (Å²) in [6.07, 6.45) is 6.85. The van der Waals surface area contributed by atoms with Gasteiger partial charge in [0.2, 0.25) is 0 Å². The molecule has 0 heterocycles. The van der Waals surface area contributed by atoms with Gasteiger partial charge in [0.15, 0.2) is 5.78 Å². The van der Waals surface area contributed by atoms with Gasteiger partial charge in [-0.2, -0.15) is 0 Å². The van der Waals surface area contributed by atoms with Crippen molar-refractivity contribution < 1.29 is 4.79 Å². The Morgan fingerprint density at radius 2 is 1.27 bits per heavy atom. The van der Waals surface area contributed by atoms with Crippen LogP contribution >= 0.6 is 0 Å². The lowest BCUT2D eigenvalue weighted by Gasteiger charge is -2.11. The average molecular weight is 291 g/mol. The lowest BCUT2D eigenvalue weighted by molar-refractivity contribution is -0.110. The van der Waals surface area contributed by atoms with Crippen molar-refractivity contribution in [1.82, 2.24) is 0 Å². The number of allylic oxidation sites excluding steroid dienone is 2. The highest BCUT2D eigenvalue weighted by Crippen LogP contribution is 2.13. The second kappa shape index (κ2) is 7.41. The van der Waals surface area contributed by atoms with Crippen LogP contribution in [0.1, 0.15) is 16.7 Å². The summed E-state index contributed by atoms with van der Waals surface area (Å²) in [5.41, 5.74) is 4.40. The van der Waals surface area contributed by atoms with Crippen molar-refractivity contribution in [3.05, 3.63) is 77.4 Å². The van der Waals surface area contributed by atoms with E-state index in [0.29, 0.717) is 0 Å². The Morgan fingerprint density at radius 3 is 1.73 bits per heavy atom. The van der Waals surface area contributed by atoms with Gasteiger partial charge in [-0.05, 0) is 42.3 Å². The van der Waals surface area contributed by atoms with E-state index in [0.717, 1.165) is 16.8 Å².